The van der Waals surface area contributed by atoms with Crippen LogP contribution in [0, 0.1) is 6.92 Å². The molecule has 0 aliphatic heterocycles. The minimum Gasteiger partial charge on any atom is -0.385 e. The lowest BCUT2D eigenvalue weighted by Gasteiger charge is -2.09. The van der Waals surface area contributed by atoms with E-state index >= 15 is 0 Å². The maximum absolute atomic E-state index is 5.41. The highest BCUT2D eigenvalue weighted by Gasteiger charge is 2.01. The molecule has 1 aromatic rings. The van der Waals surface area contributed by atoms with Crippen LogP contribution in [0.4, 0.5) is 0 Å². The fraction of sp³-hybridized carbons (Fsp3) is 0.647. The molecule has 0 heterocycles. The fourth-order valence-electron chi connectivity index (χ4n) is 1.80. The molecule has 0 atom stereocenters. The Kier molecular flexibility index (Phi) is 12.5. The Balaban J connectivity index is 0.00000172. The molecule has 0 amide bonds. The summed E-state index contributed by atoms with van der Waals surface area (Å²) in [5.41, 5.74) is 6.86. The van der Waals surface area contributed by atoms with Crippen molar-refractivity contribution in [3.63, 3.8) is 0 Å². The Bertz CT molecular complexity index is 340. The van der Waals surface area contributed by atoms with E-state index in [1.54, 1.807) is 7.11 Å². The van der Waals surface area contributed by atoms with Crippen molar-refractivity contribution >= 4 is 0 Å². The van der Waals surface area contributed by atoms with Crippen molar-refractivity contribution in [2.75, 3.05) is 20.3 Å². The highest BCUT2D eigenvalue weighted by molar-refractivity contribution is 5.30. The smallest absolute Gasteiger partial charge is 0.0935 e. The number of hydrogen-bond acceptors (Lipinski definition) is 3. The van der Waals surface area contributed by atoms with Crippen LogP contribution in [0.2, 0.25) is 0 Å². The molecule has 0 bridgehead atoms. The maximum Gasteiger partial charge on any atom is 0.0935 e. The average Bonchev–Trinajstić information content (AvgIpc) is 2.48. The van der Waals surface area contributed by atoms with E-state index in [9.17, 15) is 0 Å². The van der Waals surface area contributed by atoms with Crippen molar-refractivity contribution in [2.24, 2.45) is 0 Å². The summed E-state index contributed by atoms with van der Waals surface area (Å²) >= 11 is 0. The Morgan fingerprint density at radius 1 is 1.20 bits per heavy atom. The highest BCUT2D eigenvalue weighted by Crippen LogP contribution is 2.13. The summed E-state index contributed by atoms with van der Waals surface area (Å²) in [6.45, 7) is 10.6. The van der Waals surface area contributed by atoms with Crippen molar-refractivity contribution in [3.05, 3.63) is 34.9 Å². The summed E-state index contributed by atoms with van der Waals surface area (Å²) in [6, 6.07) is 6.58. The van der Waals surface area contributed by atoms with Crippen LogP contribution in [0.5, 0.6) is 0 Å². The van der Waals surface area contributed by atoms with E-state index in [0.29, 0.717) is 6.61 Å². The van der Waals surface area contributed by atoms with Gasteiger partial charge in [-0.05, 0) is 42.9 Å². The van der Waals surface area contributed by atoms with Crippen LogP contribution < -0.4 is 5.48 Å². The zero-order valence-corrected chi connectivity index (χ0v) is 13.8. The third kappa shape index (κ3) is 8.31. The molecule has 0 aromatic heterocycles. The molecule has 3 nitrogen and oxygen atoms in total. The average molecular weight is 281 g/mol. The molecular weight excluding hydrogens is 250 g/mol. The molecule has 0 aliphatic rings. The van der Waals surface area contributed by atoms with Gasteiger partial charge in [0, 0.05) is 20.3 Å². The molecule has 0 saturated carbocycles. The molecular formula is C17H31NO2. The molecule has 0 fully saturated rings. The Morgan fingerprint density at radius 2 is 1.95 bits per heavy atom. The normalized spacial score (nSPS) is 10.1. The second-order valence-electron chi connectivity index (χ2n) is 4.54. The zero-order chi connectivity index (χ0) is 15.2. The zero-order valence-electron chi connectivity index (χ0n) is 13.8. The Labute approximate surface area is 124 Å². The van der Waals surface area contributed by atoms with Crippen LogP contribution in [-0.4, -0.2) is 20.3 Å². The Morgan fingerprint density at radius 3 is 2.55 bits per heavy atom. The highest BCUT2D eigenvalue weighted by atomic mass is 16.6. The van der Waals surface area contributed by atoms with Crippen molar-refractivity contribution < 1.29 is 9.57 Å². The van der Waals surface area contributed by atoms with E-state index in [1.165, 1.54) is 16.7 Å². The third-order valence-electron chi connectivity index (χ3n) is 2.90. The first kappa shape index (κ1) is 19.1. The number of rotatable bonds is 9. The topological polar surface area (TPSA) is 30.5 Å². The van der Waals surface area contributed by atoms with Gasteiger partial charge < -0.3 is 4.74 Å². The first-order chi connectivity index (χ1) is 9.77. The van der Waals surface area contributed by atoms with Gasteiger partial charge in [-0.2, -0.15) is 0 Å². The van der Waals surface area contributed by atoms with E-state index in [0.717, 1.165) is 32.4 Å². The predicted molar refractivity (Wildman–Crippen MR) is 85.8 cm³/mol. The minimum absolute atomic E-state index is 0.629. The number of ether oxygens (including phenoxy) is 1. The summed E-state index contributed by atoms with van der Waals surface area (Å²) in [6.07, 6.45) is 3.23. The molecule has 1 rings (SSSR count). The molecule has 1 aromatic carbocycles. The molecule has 3 heteroatoms. The lowest BCUT2D eigenvalue weighted by atomic mass is 10.0. The van der Waals surface area contributed by atoms with Gasteiger partial charge in [0.2, 0.25) is 0 Å². The van der Waals surface area contributed by atoms with E-state index in [1.807, 2.05) is 13.8 Å². The summed E-state index contributed by atoms with van der Waals surface area (Å²) in [7, 11) is 1.75. The lowest BCUT2D eigenvalue weighted by Crippen LogP contribution is -2.15. The second-order valence-corrected chi connectivity index (χ2v) is 4.54. The van der Waals surface area contributed by atoms with E-state index in [4.69, 9.17) is 9.57 Å². The number of benzene rings is 1. The van der Waals surface area contributed by atoms with E-state index < -0.39 is 0 Å². The van der Waals surface area contributed by atoms with Gasteiger partial charge in [-0.3, -0.25) is 4.84 Å². The number of methoxy groups -OCH3 is 1. The number of hydrogen-bond donors (Lipinski definition) is 1. The van der Waals surface area contributed by atoms with Crippen molar-refractivity contribution in [3.8, 4) is 0 Å². The van der Waals surface area contributed by atoms with Crippen molar-refractivity contribution in [1.29, 1.82) is 0 Å². The van der Waals surface area contributed by atoms with Crippen molar-refractivity contribution in [2.45, 2.75) is 53.6 Å². The van der Waals surface area contributed by atoms with Crippen LogP contribution in [0.1, 0.15) is 50.3 Å². The molecule has 0 saturated heterocycles. The number of nitrogens with one attached hydrogen (secondary N) is 1. The first-order valence-corrected chi connectivity index (χ1v) is 7.70. The van der Waals surface area contributed by atoms with Gasteiger partial charge in [0.05, 0.1) is 6.61 Å². The van der Waals surface area contributed by atoms with Gasteiger partial charge in [-0.1, -0.05) is 39.0 Å². The van der Waals surface area contributed by atoms with Crippen molar-refractivity contribution in [1.82, 2.24) is 5.48 Å². The van der Waals surface area contributed by atoms with E-state index in [-0.39, 0.29) is 0 Å². The molecule has 0 aliphatic carbocycles. The lowest BCUT2D eigenvalue weighted by molar-refractivity contribution is 0.0280. The fourth-order valence-corrected chi connectivity index (χ4v) is 1.80. The standard InChI is InChI=1S/C15H25NO2.C2H6/c1-4-9-16-18-12-15-8-7-14(11-13(15)2)6-5-10-17-3;1-2/h7-8,11,16H,4-6,9-10,12H2,1-3H3;1-2H3. The molecule has 116 valence electrons. The maximum atomic E-state index is 5.41. The summed E-state index contributed by atoms with van der Waals surface area (Å²) in [5, 5.41) is 0. The SMILES string of the molecule is CC.CCCNOCc1ccc(CCCOC)cc1C. The van der Waals surface area contributed by atoms with Crippen LogP contribution in [-0.2, 0) is 22.6 Å². The molecule has 0 unspecified atom stereocenters. The Hall–Kier alpha value is -0.900. The van der Waals surface area contributed by atoms with Crippen LogP contribution in [0.25, 0.3) is 0 Å². The summed E-state index contributed by atoms with van der Waals surface area (Å²) < 4.78 is 5.07. The van der Waals surface area contributed by atoms with Gasteiger partial charge in [0.15, 0.2) is 0 Å². The van der Waals surface area contributed by atoms with Gasteiger partial charge in [-0.15, -0.1) is 0 Å². The molecule has 20 heavy (non-hydrogen) atoms. The van der Waals surface area contributed by atoms with Crippen LogP contribution >= 0.6 is 0 Å². The third-order valence-corrected chi connectivity index (χ3v) is 2.90. The van der Waals surface area contributed by atoms with Gasteiger partial charge >= 0.3 is 0 Å². The molecule has 1 N–H and O–H groups in total. The largest absolute Gasteiger partial charge is 0.385 e. The quantitative estimate of drug-likeness (QED) is 0.547. The summed E-state index contributed by atoms with van der Waals surface area (Å²) in [5.74, 6) is 0. The van der Waals surface area contributed by atoms with Gasteiger partial charge in [0.25, 0.3) is 0 Å². The van der Waals surface area contributed by atoms with Crippen LogP contribution in [0.3, 0.4) is 0 Å². The summed E-state index contributed by atoms with van der Waals surface area (Å²) in [4.78, 5) is 5.41. The monoisotopic (exact) mass is 281 g/mol. The van der Waals surface area contributed by atoms with Gasteiger partial charge in [-0.25, -0.2) is 5.48 Å². The number of aryl methyl sites for hydroxylation is 2. The van der Waals surface area contributed by atoms with Crippen LogP contribution in [0.15, 0.2) is 18.2 Å². The number of hydroxylamine groups is 1. The first-order valence-electron chi connectivity index (χ1n) is 7.70. The molecule has 0 radical (unpaired) electrons. The molecule has 0 spiro atoms. The second kappa shape index (κ2) is 13.1. The minimum atomic E-state index is 0.629. The van der Waals surface area contributed by atoms with E-state index in [2.05, 4.69) is 37.5 Å². The predicted octanol–water partition coefficient (Wildman–Crippen LogP) is 4.03. The van der Waals surface area contributed by atoms with Gasteiger partial charge in [0.1, 0.15) is 0 Å².